The van der Waals surface area contributed by atoms with Crippen LogP contribution in [0.3, 0.4) is 0 Å². The fraction of sp³-hybridized carbons (Fsp3) is 0.474. The number of piperazine rings is 1. The van der Waals surface area contributed by atoms with Crippen molar-refractivity contribution in [3.05, 3.63) is 46.2 Å². The first-order valence-electron chi connectivity index (χ1n) is 9.17. The number of hydrogen-bond acceptors (Lipinski definition) is 4. The fourth-order valence-corrected chi connectivity index (χ4v) is 3.77. The van der Waals surface area contributed by atoms with Crippen LogP contribution in [0.15, 0.2) is 35.5 Å². The molecule has 0 saturated carbocycles. The van der Waals surface area contributed by atoms with Gasteiger partial charge in [-0.1, -0.05) is 6.92 Å². The van der Waals surface area contributed by atoms with Crippen molar-refractivity contribution in [2.75, 3.05) is 37.6 Å². The summed E-state index contributed by atoms with van der Waals surface area (Å²) < 4.78 is 13.1. The van der Waals surface area contributed by atoms with Crippen LogP contribution in [0, 0.1) is 5.82 Å². The predicted octanol–water partition coefficient (Wildman–Crippen LogP) is 3.75. The third-order valence-electron chi connectivity index (χ3n) is 4.42. The van der Waals surface area contributed by atoms with Gasteiger partial charge in [-0.3, -0.25) is 0 Å². The number of nitrogens with one attached hydrogen (secondary N) is 1. The molecule has 1 aliphatic rings. The summed E-state index contributed by atoms with van der Waals surface area (Å²) in [5, 5.41) is 4.45. The molecule has 148 valence electrons. The number of rotatable bonds is 5. The average Bonchev–Trinajstić information content (AvgIpc) is 3.14. The van der Waals surface area contributed by atoms with Gasteiger partial charge in [-0.2, -0.15) is 0 Å². The first kappa shape index (κ1) is 21.9. The molecular weight excluding hydrogens is 476 g/mol. The van der Waals surface area contributed by atoms with Gasteiger partial charge in [-0.05, 0) is 37.6 Å². The van der Waals surface area contributed by atoms with Crippen molar-refractivity contribution in [2.45, 2.75) is 26.8 Å². The third-order valence-corrected chi connectivity index (χ3v) is 5.55. The molecule has 0 radical (unpaired) electrons. The summed E-state index contributed by atoms with van der Waals surface area (Å²) in [5.41, 5.74) is 1.07. The van der Waals surface area contributed by atoms with Gasteiger partial charge in [-0.25, -0.2) is 14.4 Å². The van der Waals surface area contributed by atoms with E-state index < -0.39 is 0 Å². The lowest BCUT2D eigenvalue weighted by atomic mass is 10.2. The highest BCUT2D eigenvalue weighted by Gasteiger charge is 2.20. The Balaban J connectivity index is 0.00000261. The van der Waals surface area contributed by atoms with E-state index in [1.165, 1.54) is 17.0 Å². The molecule has 0 spiro atoms. The van der Waals surface area contributed by atoms with Gasteiger partial charge < -0.3 is 15.1 Å². The number of guanidine groups is 1. The molecule has 2 aromatic rings. The lowest BCUT2D eigenvalue weighted by Gasteiger charge is -2.37. The van der Waals surface area contributed by atoms with E-state index in [-0.39, 0.29) is 29.8 Å². The van der Waals surface area contributed by atoms with Gasteiger partial charge in [0.2, 0.25) is 0 Å². The molecule has 1 N–H and O–H groups in total. The molecular formula is C19H27FIN5S. The standard InChI is InChI=1S/C19H26FN5S.HI/c1-3-17-13-22-18(26-17)14-23-19(21-4-2)25-11-9-24(10-12-25)16-7-5-15(20)6-8-16;/h5-8,13H,3-4,9-12,14H2,1-2H3,(H,21,23);1H. The summed E-state index contributed by atoms with van der Waals surface area (Å²) in [6, 6.07) is 6.73. The van der Waals surface area contributed by atoms with Crippen molar-refractivity contribution in [1.29, 1.82) is 0 Å². The largest absolute Gasteiger partial charge is 0.368 e. The summed E-state index contributed by atoms with van der Waals surface area (Å²) in [6.45, 7) is 9.26. The van der Waals surface area contributed by atoms with Crippen molar-refractivity contribution >= 4 is 47.0 Å². The number of thiazole rings is 1. The molecule has 1 aliphatic heterocycles. The summed E-state index contributed by atoms with van der Waals surface area (Å²) >= 11 is 1.74. The Bertz CT molecular complexity index is 726. The van der Waals surface area contributed by atoms with E-state index in [0.29, 0.717) is 6.54 Å². The minimum atomic E-state index is -0.192. The smallest absolute Gasteiger partial charge is 0.194 e. The highest BCUT2D eigenvalue weighted by molar-refractivity contribution is 14.0. The van der Waals surface area contributed by atoms with Gasteiger partial charge in [0, 0.05) is 49.5 Å². The van der Waals surface area contributed by atoms with Crippen LogP contribution in [0.25, 0.3) is 0 Å². The lowest BCUT2D eigenvalue weighted by molar-refractivity contribution is 0.372. The summed E-state index contributed by atoms with van der Waals surface area (Å²) in [4.78, 5) is 15.1. The van der Waals surface area contributed by atoms with E-state index in [9.17, 15) is 4.39 Å². The van der Waals surface area contributed by atoms with E-state index in [2.05, 4.69) is 33.9 Å². The highest BCUT2D eigenvalue weighted by atomic mass is 127. The topological polar surface area (TPSA) is 43.8 Å². The second-order valence-corrected chi connectivity index (χ2v) is 7.39. The van der Waals surface area contributed by atoms with Crippen LogP contribution >= 0.6 is 35.3 Å². The van der Waals surface area contributed by atoms with Crippen molar-refractivity contribution in [1.82, 2.24) is 15.2 Å². The predicted molar refractivity (Wildman–Crippen MR) is 122 cm³/mol. The number of benzene rings is 1. The minimum absolute atomic E-state index is 0. The molecule has 0 aliphatic carbocycles. The second kappa shape index (κ2) is 10.8. The summed E-state index contributed by atoms with van der Waals surface area (Å²) in [6.07, 6.45) is 2.97. The Labute approximate surface area is 181 Å². The van der Waals surface area contributed by atoms with Crippen LogP contribution in [-0.2, 0) is 13.0 Å². The first-order valence-corrected chi connectivity index (χ1v) is 9.98. The average molecular weight is 503 g/mol. The van der Waals surface area contributed by atoms with Crippen LogP contribution in [0.2, 0.25) is 0 Å². The maximum atomic E-state index is 13.1. The fourth-order valence-electron chi connectivity index (χ4n) is 2.98. The molecule has 1 fully saturated rings. The summed E-state index contributed by atoms with van der Waals surface area (Å²) in [7, 11) is 0. The molecule has 3 rings (SSSR count). The minimum Gasteiger partial charge on any atom is -0.368 e. The van der Waals surface area contributed by atoms with Gasteiger partial charge in [0.15, 0.2) is 5.96 Å². The quantitative estimate of drug-likeness (QED) is 0.384. The van der Waals surface area contributed by atoms with E-state index in [1.807, 2.05) is 18.3 Å². The number of aliphatic imine (C=N–C) groups is 1. The molecule has 0 amide bonds. The number of nitrogens with zero attached hydrogens (tertiary/aromatic N) is 4. The zero-order valence-electron chi connectivity index (χ0n) is 15.8. The Morgan fingerprint density at radius 2 is 1.89 bits per heavy atom. The number of anilines is 1. The lowest BCUT2D eigenvalue weighted by Crippen LogP contribution is -2.52. The van der Waals surface area contributed by atoms with Crippen molar-refractivity contribution in [3.8, 4) is 0 Å². The molecule has 1 aromatic heterocycles. The van der Waals surface area contributed by atoms with Crippen molar-refractivity contribution in [3.63, 3.8) is 0 Å². The molecule has 5 nitrogen and oxygen atoms in total. The Morgan fingerprint density at radius 3 is 2.48 bits per heavy atom. The zero-order chi connectivity index (χ0) is 18.4. The zero-order valence-corrected chi connectivity index (χ0v) is 19.0. The molecule has 2 heterocycles. The van der Waals surface area contributed by atoms with E-state index >= 15 is 0 Å². The maximum Gasteiger partial charge on any atom is 0.194 e. The van der Waals surface area contributed by atoms with Gasteiger partial charge in [0.1, 0.15) is 10.8 Å². The molecule has 1 saturated heterocycles. The Morgan fingerprint density at radius 1 is 1.19 bits per heavy atom. The molecule has 1 aromatic carbocycles. The normalized spacial score (nSPS) is 14.9. The van der Waals surface area contributed by atoms with Gasteiger partial charge in [-0.15, -0.1) is 35.3 Å². The second-order valence-electron chi connectivity index (χ2n) is 6.19. The number of hydrogen-bond donors (Lipinski definition) is 1. The van der Waals surface area contributed by atoms with Crippen LogP contribution < -0.4 is 10.2 Å². The molecule has 0 atom stereocenters. The van der Waals surface area contributed by atoms with Crippen LogP contribution in [0.4, 0.5) is 10.1 Å². The Hall–Kier alpha value is -1.42. The molecule has 27 heavy (non-hydrogen) atoms. The number of aromatic nitrogens is 1. The monoisotopic (exact) mass is 503 g/mol. The first-order chi connectivity index (χ1) is 12.7. The van der Waals surface area contributed by atoms with Crippen LogP contribution in [0.1, 0.15) is 23.7 Å². The Kier molecular flexibility index (Phi) is 8.75. The third kappa shape index (κ3) is 6.03. The van der Waals surface area contributed by atoms with Crippen LogP contribution in [-0.4, -0.2) is 48.6 Å². The SMILES string of the molecule is CCNC(=NCc1ncc(CC)s1)N1CCN(c2ccc(F)cc2)CC1.I. The van der Waals surface area contributed by atoms with Crippen molar-refractivity contribution < 1.29 is 4.39 Å². The van der Waals surface area contributed by atoms with E-state index in [4.69, 9.17) is 4.99 Å². The van der Waals surface area contributed by atoms with Crippen molar-refractivity contribution in [2.24, 2.45) is 4.99 Å². The molecule has 0 unspecified atom stereocenters. The van der Waals surface area contributed by atoms with E-state index in [1.54, 1.807) is 11.3 Å². The maximum absolute atomic E-state index is 13.1. The summed E-state index contributed by atoms with van der Waals surface area (Å²) in [5.74, 6) is 0.752. The highest BCUT2D eigenvalue weighted by Crippen LogP contribution is 2.18. The number of aryl methyl sites for hydroxylation is 1. The molecule has 0 bridgehead atoms. The van der Waals surface area contributed by atoms with E-state index in [0.717, 1.165) is 55.8 Å². The van der Waals surface area contributed by atoms with Gasteiger partial charge in [0.05, 0.1) is 6.54 Å². The number of halogens is 2. The molecule has 8 heteroatoms. The van der Waals surface area contributed by atoms with Gasteiger partial charge >= 0.3 is 0 Å². The van der Waals surface area contributed by atoms with Crippen LogP contribution in [0.5, 0.6) is 0 Å². The van der Waals surface area contributed by atoms with Gasteiger partial charge in [0.25, 0.3) is 0 Å².